The van der Waals surface area contributed by atoms with Crippen molar-refractivity contribution >= 4 is 35.0 Å². The highest BCUT2D eigenvalue weighted by atomic mass is 16.6. The molecule has 0 atom stereocenters. The number of non-ortho nitro benzene ring substituents is 1. The highest BCUT2D eigenvalue weighted by Gasteiger charge is 2.24. The van der Waals surface area contributed by atoms with Gasteiger partial charge in [0.05, 0.1) is 11.5 Å². The fourth-order valence-corrected chi connectivity index (χ4v) is 3.64. The zero-order chi connectivity index (χ0) is 22.5. The van der Waals surface area contributed by atoms with Crippen LogP contribution in [0.1, 0.15) is 23.1 Å². The second-order valence-corrected chi connectivity index (χ2v) is 7.48. The SMILES string of the molecule is O=C(/C=C/c1ccc([N+](=O)[O-])cc1)Nc1ccc2c(c1)CCC(=O)N2Cc1ccccc1. The molecule has 2 amide bonds. The van der Waals surface area contributed by atoms with E-state index in [0.29, 0.717) is 30.6 Å². The molecule has 1 aliphatic rings. The first-order valence-electron chi connectivity index (χ1n) is 10.2. The lowest BCUT2D eigenvalue weighted by Crippen LogP contribution is -2.34. The van der Waals surface area contributed by atoms with Gasteiger partial charge in [-0.15, -0.1) is 0 Å². The molecule has 3 aromatic carbocycles. The average molecular weight is 427 g/mol. The fourth-order valence-electron chi connectivity index (χ4n) is 3.64. The van der Waals surface area contributed by atoms with Gasteiger partial charge in [-0.25, -0.2) is 0 Å². The maximum atomic E-state index is 12.5. The van der Waals surface area contributed by atoms with Crippen molar-refractivity contribution < 1.29 is 14.5 Å². The minimum absolute atomic E-state index is 0.000417. The van der Waals surface area contributed by atoms with Crippen LogP contribution in [-0.2, 0) is 22.6 Å². The molecule has 0 fully saturated rings. The Morgan fingerprint density at radius 3 is 2.50 bits per heavy atom. The molecule has 4 rings (SSSR count). The first-order valence-corrected chi connectivity index (χ1v) is 10.2. The number of nitro benzene ring substituents is 1. The van der Waals surface area contributed by atoms with Crippen LogP contribution < -0.4 is 10.2 Å². The van der Waals surface area contributed by atoms with Crippen molar-refractivity contribution in [3.8, 4) is 0 Å². The van der Waals surface area contributed by atoms with Crippen molar-refractivity contribution in [2.45, 2.75) is 19.4 Å². The molecule has 160 valence electrons. The van der Waals surface area contributed by atoms with Crippen molar-refractivity contribution in [3.05, 3.63) is 106 Å². The van der Waals surface area contributed by atoms with E-state index in [1.807, 2.05) is 42.5 Å². The Hall–Kier alpha value is -4.26. The van der Waals surface area contributed by atoms with Crippen LogP contribution in [0.25, 0.3) is 6.08 Å². The highest BCUT2D eigenvalue weighted by Crippen LogP contribution is 2.31. The molecule has 0 spiro atoms. The van der Waals surface area contributed by atoms with Crippen LogP contribution in [-0.4, -0.2) is 16.7 Å². The Kier molecular flexibility index (Phi) is 6.07. The summed E-state index contributed by atoms with van der Waals surface area (Å²) in [5.41, 5.74) is 4.27. The van der Waals surface area contributed by atoms with Crippen LogP contribution in [0.5, 0.6) is 0 Å². The molecule has 1 heterocycles. The predicted octanol–water partition coefficient (Wildman–Crippen LogP) is 4.73. The summed E-state index contributed by atoms with van der Waals surface area (Å²) < 4.78 is 0. The number of nitrogens with one attached hydrogen (secondary N) is 1. The number of aryl methyl sites for hydroxylation is 1. The lowest BCUT2D eigenvalue weighted by atomic mass is 9.99. The molecule has 0 aliphatic carbocycles. The quantitative estimate of drug-likeness (QED) is 0.350. The molecule has 0 unspecified atom stereocenters. The molecule has 7 nitrogen and oxygen atoms in total. The Balaban J connectivity index is 1.44. The third-order valence-electron chi connectivity index (χ3n) is 5.26. The van der Waals surface area contributed by atoms with Gasteiger partial charge in [0.15, 0.2) is 0 Å². The minimum atomic E-state index is -0.467. The van der Waals surface area contributed by atoms with Crippen LogP contribution in [0.3, 0.4) is 0 Å². The number of nitrogens with zero attached hydrogens (tertiary/aromatic N) is 2. The van der Waals surface area contributed by atoms with Gasteiger partial charge in [-0.3, -0.25) is 19.7 Å². The van der Waals surface area contributed by atoms with E-state index in [1.165, 1.54) is 18.2 Å². The monoisotopic (exact) mass is 427 g/mol. The largest absolute Gasteiger partial charge is 0.323 e. The summed E-state index contributed by atoms with van der Waals surface area (Å²) in [7, 11) is 0. The number of carbonyl (C=O) groups is 2. The first kappa shape index (κ1) is 21.0. The summed E-state index contributed by atoms with van der Waals surface area (Å²) in [6, 6.07) is 21.3. The molecule has 0 radical (unpaired) electrons. The van der Waals surface area contributed by atoms with E-state index in [0.717, 1.165) is 16.8 Å². The number of anilines is 2. The van der Waals surface area contributed by atoms with E-state index in [9.17, 15) is 19.7 Å². The summed E-state index contributed by atoms with van der Waals surface area (Å²) in [6.45, 7) is 0.510. The molecule has 0 saturated heterocycles. The maximum Gasteiger partial charge on any atom is 0.269 e. The number of fused-ring (bicyclic) bond motifs is 1. The van der Waals surface area contributed by atoms with E-state index in [2.05, 4.69) is 5.32 Å². The van der Waals surface area contributed by atoms with Crippen LogP contribution >= 0.6 is 0 Å². The van der Waals surface area contributed by atoms with Gasteiger partial charge >= 0.3 is 0 Å². The topological polar surface area (TPSA) is 92.5 Å². The standard InChI is InChI=1S/C25H21N3O4/c29-24(14-8-18-6-11-22(12-7-18)28(31)32)26-21-10-13-23-20(16-21)9-15-25(30)27(23)17-19-4-2-1-3-5-19/h1-8,10-14,16H,9,15,17H2,(H,26,29)/b14-8+. The Bertz CT molecular complexity index is 1190. The molecule has 1 N–H and O–H groups in total. The van der Waals surface area contributed by atoms with Crippen LogP contribution in [0.2, 0.25) is 0 Å². The van der Waals surface area contributed by atoms with E-state index < -0.39 is 4.92 Å². The zero-order valence-corrected chi connectivity index (χ0v) is 17.2. The molecular formula is C25H21N3O4. The van der Waals surface area contributed by atoms with Crippen molar-refractivity contribution in [3.63, 3.8) is 0 Å². The lowest BCUT2D eigenvalue weighted by Gasteiger charge is -2.30. The molecule has 7 heteroatoms. The zero-order valence-electron chi connectivity index (χ0n) is 17.2. The van der Waals surface area contributed by atoms with Gasteiger partial charge in [-0.05, 0) is 59.5 Å². The normalized spacial score (nSPS) is 13.1. The van der Waals surface area contributed by atoms with Crippen LogP contribution in [0.15, 0.2) is 78.9 Å². The van der Waals surface area contributed by atoms with Gasteiger partial charge < -0.3 is 10.2 Å². The predicted molar refractivity (Wildman–Crippen MR) is 123 cm³/mol. The van der Waals surface area contributed by atoms with Crippen molar-refractivity contribution in [2.75, 3.05) is 10.2 Å². The maximum absolute atomic E-state index is 12.5. The van der Waals surface area contributed by atoms with Gasteiger partial charge in [0, 0.05) is 36.0 Å². The summed E-state index contributed by atoms with van der Waals surface area (Å²) >= 11 is 0. The second-order valence-electron chi connectivity index (χ2n) is 7.48. The van der Waals surface area contributed by atoms with Crippen molar-refractivity contribution in [1.82, 2.24) is 0 Å². The smallest absolute Gasteiger partial charge is 0.269 e. The Morgan fingerprint density at radius 2 is 1.78 bits per heavy atom. The van der Waals surface area contributed by atoms with E-state index in [4.69, 9.17) is 0 Å². The van der Waals surface area contributed by atoms with E-state index in [1.54, 1.807) is 29.2 Å². The molecule has 0 aromatic heterocycles. The van der Waals surface area contributed by atoms with Gasteiger partial charge in [0.2, 0.25) is 11.8 Å². The van der Waals surface area contributed by atoms with Crippen molar-refractivity contribution in [1.29, 1.82) is 0 Å². The number of rotatable bonds is 6. The third kappa shape index (κ3) is 4.89. The number of hydrogen-bond donors (Lipinski definition) is 1. The Morgan fingerprint density at radius 1 is 1.03 bits per heavy atom. The summed E-state index contributed by atoms with van der Waals surface area (Å²) in [5.74, 6) is -0.222. The number of amides is 2. The van der Waals surface area contributed by atoms with Crippen molar-refractivity contribution in [2.24, 2.45) is 0 Å². The molecule has 1 aliphatic heterocycles. The number of nitro groups is 1. The Labute approximate surface area is 185 Å². The van der Waals surface area contributed by atoms with Crippen LogP contribution in [0.4, 0.5) is 17.1 Å². The molecule has 32 heavy (non-hydrogen) atoms. The second kappa shape index (κ2) is 9.26. The summed E-state index contributed by atoms with van der Waals surface area (Å²) in [4.78, 5) is 36.9. The number of carbonyl (C=O) groups excluding carboxylic acids is 2. The minimum Gasteiger partial charge on any atom is -0.323 e. The third-order valence-corrected chi connectivity index (χ3v) is 5.26. The molecular weight excluding hydrogens is 406 g/mol. The van der Waals surface area contributed by atoms with E-state index in [-0.39, 0.29) is 17.5 Å². The van der Waals surface area contributed by atoms with Gasteiger partial charge in [0.25, 0.3) is 5.69 Å². The lowest BCUT2D eigenvalue weighted by molar-refractivity contribution is -0.384. The molecule has 0 bridgehead atoms. The first-order chi connectivity index (χ1) is 15.5. The van der Waals surface area contributed by atoms with Gasteiger partial charge in [-0.1, -0.05) is 30.3 Å². The number of hydrogen-bond acceptors (Lipinski definition) is 4. The molecule has 3 aromatic rings. The van der Waals surface area contributed by atoms with Crippen LogP contribution in [0, 0.1) is 10.1 Å². The summed E-state index contributed by atoms with van der Waals surface area (Å²) in [6.07, 6.45) is 4.03. The van der Waals surface area contributed by atoms with Gasteiger partial charge in [0.1, 0.15) is 0 Å². The van der Waals surface area contributed by atoms with E-state index >= 15 is 0 Å². The molecule has 0 saturated carbocycles. The average Bonchev–Trinajstić information content (AvgIpc) is 2.80. The summed E-state index contributed by atoms with van der Waals surface area (Å²) in [5, 5.41) is 13.5. The van der Waals surface area contributed by atoms with Gasteiger partial charge in [-0.2, -0.15) is 0 Å². The fraction of sp³-hybridized carbons (Fsp3) is 0.120. The highest BCUT2D eigenvalue weighted by molar-refractivity contribution is 6.02. The number of benzene rings is 3.